The number of ether oxygens (including phenoxy) is 1. The van der Waals surface area contributed by atoms with E-state index in [2.05, 4.69) is 15.3 Å². The normalized spacial score (nSPS) is 10.9. The molecule has 0 bridgehead atoms. The zero-order valence-corrected chi connectivity index (χ0v) is 12.6. The Bertz CT molecular complexity index is 475. The topological polar surface area (TPSA) is 90.2 Å². The quantitative estimate of drug-likeness (QED) is 0.611. The van der Waals surface area contributed by atoms with Gasteiger partial charge in [0.2, 0.25) is 5.82 Å². The van der Waals surface area contributed by atoms with Crippen LogP contribution in [0.25, 0.3) is 0 Å². The predicted molar refractivity (Wildman–Crippen MR) is 77.2 cm³/mol. The fourth-order valence-corrected chi connectivity index (χ4v) is 1.52. The van der Waals surface area contributed by atoms with E-state index in [0.717, 1.165) is 0 Å². The Kier molecular flexibility index (Phi) is 5.66. The van der Waals surface area contributed by atoms with Crippen LogP contribution in [0.2, 0.25) is 0 Å². The monoisotopic (exact) mass is 282 g/mol. The Morgan fingerprint density at radius 1 is 1.30 bits per heavy atom. The van der Waals surface area contributed by atoms with E-state index in [0.29, 0.717) is 18.9 Å². The first-order valence-corrected chi connectivity index (χ1v) is 6.79. The van der Waals surface area contributed by atoms with E-state index in [4.69, 9.17) is 4.74 Å². The minimum absolute atomic E-state index is 0.0336. The van der Waals surface area contributed by atoms with Crippen molar-refractivity contribution < 1.29 is 9.66 Å². The lowest BCUT2D eigenvalue weighted by atomic mass is 10.2. The minimum atomic E-state index is -0.500. The second kappa shape index (κ2) is 7.02. The number of aromatic nitrogens is 2. The van der Waals surface area contributed by atoms with Gasteiger partial charge in [-0.2, -0.15) is 4.98 Å². The van der Waals surface area contributed by atoms with E-state index in [9.17, 15) is 10.1 Å². The summed E-state index contributed by atoms with van der Waals surface area (Å²) in [5, 5.41) is 14.3. The van der Waals surface area contributed by atoms with E-state index in [1.54, 1.807) is 0 Å². The minimum Gasteiger partial charge on any atom is -0.472 e. The Hall–Kier alpha value is -1.92. The molecule has 0 aromatic carbocycles. The molecule has 7 nitrogen and oxygen atoms in total. The highest BCUT2D eigenvalue weighted by Crippen LogP contribution is 2.32. The summed E-state index contributed by atoms with van der Waals surface area (Å²) >= 11 is 0. The van der Waals surface area contributed by atoms with Gasteiger partial charge in [0.15, 0.2) is 0 Å². The second-order valence-electron chi connectivity index (χ2n) is 5.26. The fraction of sp³-hybridized carbons (Fsp3) is 0.692. The van der Waals surface area contributed by atoms with Crippen LogP contribution >= 0.6 is 0 Å². The third-order valence-corrected chi connectivity index (χ3v) is 2.38. The highest BCUT2D eigenvalue weighted by atomic mass is 16.6. The molecule has 0 amide bonds. The molecule has 0 spiro atoms. The first-order valence-electron chi connectivity index (χ1n) is 6.79. The van der Waals surface area contributed by atoms with Crippen molar-refractivity contribution in [2.75, 3.05) is 11.9 Å². The van der Waals surface area contributed by atoms with Gasteiger partial charge in [-0.3, -0.25) is 10.1 Å². The highest BCUT2D eigenvalue weighted by Gasteiger charge is 2.26. The lowest BCUT2D eigenvalue weighted by Gasteiger charge is -2.14. The maximum Gasteiger partial charge on any atom is 0.372 e. The van der Waals surface area contributed by atoms with Gasteiger partial charge in [0.25, 0.3) is 5.88 Å². The van der Waals surface area contributed by atoms with Crippen molar-refractivity contribution in [1.29, 1.82) is 0 Å². The van der Waals surface area contributed by atoms with Crippen LogP contribution in [0.15, 0.2) is 0 Å². The van der Waals surface area contributed by atoms with Crippen molar-refractivity contribution in [2.45, 2.75) is 47.1 Å². The van der Waals surface area contributed by atoms with Crippen LogP contribution in [-0.2, 0) is 6.42 Å². The third kappa shape index (κ3) is 4.32. The number of hydrogen-bond acceptors (Lipinski definition) is 6. The largest absolute Gasteiger partial charge is 0.472 e. The van der Waals surface area contributed by atoms with Gasteiger partial charge in [-0.05, 0) is 19.8 Å². The molecule has 112 valence electrons. The van der Waals surface area contributed by atoms with Gasteiger partial charge in [0.1, 0.15) is 5.82 Å². The average Bonchev–Trinajstić information content (AvgIpc) is 2.34. The van der Waals surface area contributed by atoms with Crippen LogP contribution in [0.4, 0.5) is 11.5 Å². The molecule has 20 heavy (non-hydrogen) atoms. The first-order chi connectivity index (χ1) is 9.35. The fourth-order valence-electron chi connectivity index (χ4n) is 1.52. The van der Waals surface area contributed by atoms with Crippen molar-refractivity contribution >= 4 is 11.5 Å². The molecule has 0 saturated heterocycles. The summed E-state index contributed by atoms with van der Waals surface area (Å²) in [4.78, 5) is 19.1. The molecule has 1 aromatic rings. The molecule has 0 aliphatic rings. The first kappa shape index (κ1) is 16.1. The summed E-state index contributed by atoms with van der Waals surface area (Å²) in [5.41, 5.74) is -0.198. The van der Waals surface area contributed by atoms with Gasteiger partial charge in [0, 0.05) is 12.5 Å². The van der Waals surface area contributed by atoms with Gasteiger partial charge in [-0.1, -0.05) is 20.8 Å². The molecule has 0 aliphatic heterocycles. The third-order valence-electron chi connectivity index (χ3n) is 2.38. The Labute approximate surface area is 118 Å². The maximum absolute atomic E-state index is 11.3. The molecule has 7 heteroatoms. The smallest absolute Gasteiger partial charge is 0.372 e. The number of nitrogens with zero attached hydrogens (tertiary/aromatic N) is 3. The van der Waals surface area contributed by atoms with Crippen molar-refractivity contribution in [3.05, 3.63) is 15.9 Å². The summed E-state index contributed by atoms with van der Waals surface area (Å²) in [6.07, 6.45) is 0.586. The molecule has 1 heterocycles. The van der Waals surface area contributed by atoms with Crippen molar-refractivity contribution in [3.63, 3.8) is 0 Å². The van der Waals surface area contributed by atoms with E-state index >= 15 is 0 Å². The van der Waals surface area contributed by atoms with Crippen molar-refractivity contribution in [3.8, 4) is 5.88 Å². The van der Waals surface area contributed by atoms with E-state index in [-0.39, 0.29) is 29.3 Å². The van der Waals surface area contributed by atoms with Gasteiger partial charge in [-0.25, -0.2) is 4.98 Å². The lowest BCUT2D eigenvalue weighted by Crippen LogP contribution is -2.16. The summed E-state index contributed by atoms with van der Waals surface area (Å²) in [6, 6.07) is 0.0336. The summed E-state index contributed by atoms with van der Waals surface area (Å²) in [6.45, 7) is 10.0. The molecule has 0 fully saturated rings. The van der Waals surface area contributed by atoms with Crippen LogP contribution in [0.3, 0.4) is 0 Å². The lowest BCUT2D eigenvalue weighted by molar-refractivity contribution is -0.385. The molecule has 0 aliphatic carbocycles. The molecule has 1 N–H and O–H groups in total. The zero-order valence-electron chi connectivity index (χ0n) is 12.6. The molecular formula is C13H22N4O3. The average molecular weight is 282 g/mol. The number of hydrogen-bond donors (Lipinski definition) is 1. The molecule has 0 saturated carbocycles. The van der Waals surface area contributed by atoms with E-state index in [1.165, 1.54) is 0 Å². The van der Waals surface area contributed by atoms with Gasteiger partial charge >= 0.3 is 5.69 Å². The molecular weight excluding hydrogens is 260 g/mol. The Morgan fingerprint density at radius 2 is 1.95 bits per heavy atom. The van der Waals surface area contributed by atoms with Crippen LogP contribution in [0, 0.1) is 16.0 Å². The van der Waals surface area contributed by atoms with Gasteiger partial charge in [-0.15, -0.1) is 0 Å². The summed E-state index contributed by atoms with van der Waals surface area (Å²) in [5.74, 6) is 1.04. The molecule has 0 unspecified atom stereocenters. The molecule has 1 rings (SSSR count). The summed E-state index contributed by atoms with van der Waals surface area (Å²) in [7, 11) is 0. The number of nitrogens with one attached hydrogen (secondary N) is 1. The SMILES string of the molecule is CCc1nc(NC(C)C)c([N+](=O)[O-])c(OCC(C)C)n1. The van der Waals surface area contributed by atoms with Crippen molar-refractivity contribution in [2.24, 2.45) is 5.92 Å². The van der Waals surface area contributed by atoms with Crippen LogP contribution < -0.4 is 10.1 Å². The number of nitro groups is 1. The number of aryl methyl sites for hydroxylation is 1. The number of anilines is 1. The van der Waals surface area contributed by atoms with E-state index in [1.807, 2.05) is 34.6 Å². The summed E-state index contributed by atoms with van der Waals surface area (Å²) < 4.78 is 5.49. The van der Waals surface area contributed by atoms with Crippen molar-refractivity contribution in [1.82, 2.24) is 9.97 Å². The molecule has 0 atom stereocenters. The van der Waals surface area contributed by atoms with Crippen LogP contribution in [-0.4, -0.2) is 27.5 Å². The zero-order chi connectivity index (χ0) is 15.3. The number of rotatable bonds is 7. The molecule has 1 aromatic heterocycles. The standard InChI is InChI=1S/C13H22N4O3/c1-6-10-15-12(14-9(4)5)11(17(18)19)13(16-10)20-7-8(2)3/h8-9H,6-7H2,1-5H3,(H,14,15,16). The molecule has 0 radical (unpaired) electrons. The van der Waals surface area contributed by atoms with Crippen LogP contribution in [0.5, 0.6) is 5.88 Å². The second-order valence-corrected chi connectivity index (χ2v) is 5.26. The van der Waals surface area contributed by atoms with Crippen LogP contribution in [0.1, 0.15) is 40.4 Å². The van der Waals surface area contributed by atoms with E-state index < -0.39 is 4.92 Å². The van der Waals surface area contributed by atoms with Gasteiger partial charge < -0.3 is 10.1 Å². The Morgan fingerprint density at radius 3 is 2.40 bits per heavy atom. The van der Waals surface area contributed by atoms with Gasteiger partial charge in [0.05, 0.1) is 11.5 Å². The Balaban J connectivity index is 3.26. The predicted octanol–water partition coefficient (Wildman–Crippen LogP) is 2.80. The maximum atomic E-state index is 11.3. The highest BCUT2D eigenvalue weighted by molar-refractivity contribution is 5.62.